The molecule has 1 N–H and O–H groups in total. The molecule has 2 heterocycles. The normalized spacial score (nSPS) is 13.2. The van der Waals surface area contributed by atoms with Crippen molar-refractivity contribution in [2.75, 3.05) is 14.2 Å². The Bertz CT molecular complexity index is 1110. The van der Waals surface area contributed by atoms with Crippen molar-refractivity contribution in [3.63, 3.8) is 0 Å². The minimum atomic E-state index is -0.381. The molecule has 0 saturated carbocycles. The van der Waals surface area contributed by atoms with Crippen molar-refractivity contribution in [3.05, 3.63) is 69.6 Å². The number of carbonyl (C=O) groups is 2. The molecule has 1 aromatic heterocycles. The predicted molar refractivity (Wildman–Crippen MR) is 98.3 cm³/mol. The highest BCUT2D eigenvalue weighted by atomic mass is 16.5. The van der Waals surface area contributed by atoms with E-state index in [2.05, 4.69) is 4.98 Å². The van der Waals surface area contributed by atoms with E-state index in [1.807, 2.05) is 0 Å². The number of hydrogen-bond acceptors (Lipinski definition) is 5. The maximum Gasteiger partial charge on any atom is 0.261 e. The van der Waals surface area contributed by atoms with E-state index in [-0.39, 0.29) is 23.9 Å². The second-order valence-electron chi connectivity index (χ2n) is 6.15. The number of methoxy groups -OCH3 is 2. The van der Waals surface area contributed by atoms with Crippen molar-refractivity contribution in [2.24, 2.45) is 0 Å². The maximum atomic E-state index is 12.6. The van der Waals surface area contributed by atoms with Crippen LogP contribution in [0.15, 0.2) is 47.3 Å². The minimum absolute atomic E-state index is 0.0472. The first-order valence-corrected chi connectivity index (χ1v) is 8.26. The Morgan fingerprint density at radius 1 is 0.889 bits per heavy atom. The molecule has 136 valence electrons. The third kappa shape index (κ3) is 2.64. The number of nitrogens with zero attached hydrogens (tertiary/aromatic N) is 1. The summed E-state index contributed by atoms with van der Waals surface area (Å²) in [5, 5.41) is 1.30. The number of benzene rings is 2. The highest BCUT2D eigenvalue weighted by molar-refractivity contribution is 6.21. The number of fused-ring (bicyclic) bond motifs is 2. The number of carbonyl (C=O) groups excluding carboxylic acids is 2. The molecule has 1 aliphatic rings. The quantitative estimate of drug-likeness (QED) is 0.718. The van der Waals surface area contributed by atoms with Gasteiger partial charge >= 0.3 is 0 Å². The fourth-order valence-electron chi connectivity index (χ4n) is 3.33. The van der Waals surface area contributed by atoms with Crippen LogP contribution in [0.3, 0.4) is 0 Å². The summed E-state index contributed by atoms with van der Waals surface area (Å²) in [6, 6.07) is 11.5. The van der Waals surface area contributed by atoms with Crippen molar-refractivity contribution in [2.45, 2.75) is 6.54 Å². The van der Waals surface area contributed by atoms with Gasteiger partial charge in [-0.05, 0) is 29.7 Å². The van der Waals surface area contributed by atoms with Crippen LogP contribution in [0.1, 0.15) is 26.4 Å². The van der Waals surface area contributed by atoms with Crippen LogP contribution < -0.4 is 15.0 Å². The van der Waals surface area contributed by atoms with E-state index < -0.39 is 0 Å². The number of rotatable bonds is 4. The molecule has 0 bridgehead atoms. The van der Waals surface area contributed by atoms with Gasteiger partial charge in [0.2, 0.25) is 5.56 Å². The fourth-order valence-corrected chi connectivity index (χ4v) is 3.33. The van der Waals surface area contributed by atoms with E-state index in [1.165, 1.54) is 20.3 Å². The first kappa shape index (κ1) is 16.8. The number of aromatic nitrogens is 1. The smallest absolute Gasteiger partial charge is 0.261 e. The van der Waals surface area contributed by atoms with Gasteiger partial charge < -0.3 is 14.5 Å². The van der Waals surface area contributed by atoms with Gasteiger partial charge in [0.1, 0.15) is 0 Å². The molecule has 7 nitrogen and oxygen atoms in total. The summed E-state index contributed by atoms with van der Waals surface area (Å²) in [5.41, 5.74) is 0.850. The van der Waals surface area contributed by atoms with Crippen molar-refractivity contribution in [3.8, 4) is 11.5 Å². The van der Waals surface area contributed by atoms with Crippen LogP contribution in [0.4, 0.5) is 0 Å². The number of aromatic amines is 1. The van der Waals surface area contributed by atoms with E-state index >= 15 is 0 Å². The fraction of sp³-hybridized carbons (Fsp3) is 0.150. The Labute approximate surface area is 154 Å². The van der Waals surface area contributed by atoms with Crippen molar-refractivity contribution in [1.29, 1.82) is 0 Å². The van der Waals surface area contributed by atoms with Crippen LogP contribution in [0.2, 0.25) is 0 Å². The van der Waals surface area contributed by atoms with Crippen LogP contribution >= 0.6 is 0 Å². The van der Waals surface area contributed by atoms with E-state index in [1.54, 1.807) is 36.4 Å². The van der Waals surface area contributed by atoms with Crippen molar-refractivity contribution < 1.29 is 19.1 Å². The zero-order valence-electron chi connectivity index (χ0n) is 14.7. The Hall–Kier alpha value is -3.61. The Morgan fingerprint density at radius 2 is 1.48 bits per heavy atom. The van der Waals surface area contributed by atoms with Gasteiger partial charge in [-0.2, -0.15) is 0 Å². The molecule has 0 spiro atoms. The Morgan fingerprint density at radius 3 is 2.07 bits per heavy atom. The monoisotopic (exact) mass is 364 g/mol. The first-order chi connectivity index (χ1) is 13.0. The lowest BCUT2D eigenvalue weighted by Gasteiger charge is -2.16. The zero-order valence-corrected chi connectivity index (χ0v) is 14.7. The lowest BCUT2D eigenvalue weighted by Crippen LogP contribution is -2.30. The summed E-state index contributed by atoms with van der Waals surface area (Å²) in [6.45, 7) is -0.0472. The molecule has 0 aliphatic carbocycles. The second kappa shape index (κ2) is 6.28. The van der Waals surface area contributed by atoms with Crippen LogP contribution in [-0.2, 0) is 6.54 Å². The molecular formula is C20H16N2O5. The van der Waals surface area contributed by atoms with E-state index in [0.29, 0.717) is 39.1 Å². The van der Waals surface area contributed by atoms with Crippen molar-refractivity contribution in [1.82, 2.24) is 9.88 Å². The molecular weight excluding hydrogens is 348 g/mol. The van der Waals surface area contributed by atoms with Crippen molar-refractivity contribution >= 4 is 22.6 Å². The van der Waals surface area contributed by atoms with Gasteiger partial charge in [-0.1, -0.05) is 12.1 Å². The molecule has 0 saturated heterocycles. The maximum absolute atomic E-state index is 12.6. The van der Waals surface area contributed by atoms with Gasteiger partial charge in [0.05, 0.1) is 31.9 Å². The number of H-pyrrole nitrogens is 1. The summed E-state index contributed by atoms with van der Waals surface area (Å²) < 4.78 is 10.6. The number of imide groups is 1. The highest BCUT2D eigenvalue weighted by Gasteiger charge is 2.35. The SMILES string of the molecule is COc1cc2cc(=O)[nH]c(CN3C(=O)c4ccccc4C3=O)c2cc1OC. The first-order valence-electron chi connectivity index (χ1n) is 8.26. The molecule has 1 aliphatic heterocycles. The molecule has 0 unspecified atom stereocenters. The van der Waals surface area contributed by atoms with Gasteiger partial charge in [-0.15, -0.1) is 0 Å². The zero-order chi connectivity index (χ0) is 19.1. The summed E-state index contributed by atoms with van der Waals surface area (Å²) in [7, 11) is 3.02. The van der Waals surface area contributed by atoms with Crippen LogP contribution in [0.25, 0.3) is 10.8 Å². The third-order valence-corrected chi connectivity index (χ3v) is 4.64. The molecule has 0 radical (unpaired) electrons. The average molecular weight is 364 g/mol. The molecule has 0 atom stereocenters. The Kier molecular flexibility index (Phi) is 3.92. The standard InChI is InChI=1S/C20H16N2O5/c1-26-16-7-11-8-18(23)21-15(14(11)9-17(16)27-2)10-22-19(24)12-5-3-4-6-13(12)20(22)25/h3-9H,10H2,1-2H3,(H,21,23). The van der Waals surface area contributed by atoms with E-state index in [4.69, 9.17) is 9.47 Å². The largest absolute Gasteiger partial charge is 0.493 e. The number of hydrogen-bond donors (Lipinski definition) is 1. The third-order valence-electron chi connectivity index (χ3n) is 4.64. The number of ether oxygens (including phenoxy) is 2. The number of nitrogens with one attached hydrogen (secondary N) is 1. The molecule has 2 amide bonds. The number of pyridine rings is 1. The molecule has 0 fully saturated rings. The molecule has 27 heavy (non-hydrogen) atoms. The summed E-state index contributed by atoms with van der Waals surface area (Å²) in [5.74, 6) is 0.214. The van der Waals surface area contributed by atoms with Gasteiger partial charge in [0.25, 0.3) is 11.8 Å². The van der Waals surface area contributed by atoms with Gasteiger partial charge in [-0.25, -0.2) is 0 Å². The summed E-state index contributed by atoms with van der Waals surface area (Å²) >= 11 is 0. The minimum Gasteiger partial charge on any atom is -0.493 e. The molecule has 7 heteroatoms. The second-order valence-corrected chi connectivity index (χ2v) is 6.15. The Balaban J connectivity index is 1.82. The van der Waals surface area contributed by atoms with Crippen LogP contribution in [-0.4, -0.2) is 35.9 Å². The summed E-state index contributed by atoms with van der Waals surface area (Å²) in [6.07, 6.45) is 0. The average Bonchev–Trinajstić information content (AvgIpc) is 2.92. The van der Waals surface area contributed by atoms with Gasteiger partial charge in [-0.3, -0.25) is 19.3 Å². The topological polar surface area (TPSA) is 88.7 Å². The molecule has 4 rings (SSSR count). The van der Waals surface area contributed by atoms with Crippen LogP contribution in [0.5, 0.6) is 11.5 Å². The van der Waals surface area contributed by atoms with Gasteiger partial charge in [0, 0.05) is 17.1 Å². The summed E-state index contributed by atoms with van der Waals surface area (Å²) in [4.78, 5) is 41.2. The highest BCUT2D eigenvalue weighted by Crippen LogP contribution is 2.33. The molecule has 2 aromatic carbocycles. The predicted octanol–water partition coefficient (Wildman–Crippen LogP) is 2.34. The number of amides is 2. The lowest BCUT2D eigenvalue weighted by atomic mass is 10.1. The van der Waals surface area contributed by atoms with E-state index in [0.717, 1.165) is 4.90 Å². The molecule has 3 aromatic rings. The lowest BCUT2D eigenvalue weighted by molar-refractivity contribution is 0.0641. The van der Waals surface area contributed by atoms with Crippen LogP contribution in [0, 0.1) is 0 Å². The van der Waals surface area contributed by atoms with E-state index in [9.17, 15) is 14.4 Å². The van der Waals surface area contributed by atoms with Gasteiger partial charge in [0.15, 0.2) is 11.5 Å².